The molecule has 0 bridgehead atoms. The Morgan fingerprint density at radius 1 is 1.23 bits per heavy atom. The molecule has 22 heavy (non-hydrogen) atoms. The van der Waals surface area contributed by atoms with Crippen LogP contribution in [0.15, 0.2) is 24.3 Å². The minimum absolute atomic E-state index is 0.238. The molecule has 0 aliphatic carbocycles. The second-order valence-corrected chi connectivity index (χ2v) is 6.50. The van der Waals surface area contributed by atoms with Crippen LogP contribution in [0.4, 0.5) is 8.78 Å². The van der Waals surface area contributed by atoms with Crippen molar-refractivity contribution in [3.8, 4) is 0 Å². The van der Waals surface area contributed by atoms with Crippen LogP contribution in [-0.2, 0) is 26.2 Å². The number of primary amides is 1. The van der Waals surface area contributed by atoms with Crippen LogP contribution < -0.4 is 11.5 Å². The summed E-state index contributed by atoms with van der Waals surface area (Å²) >= 11 is 0. The highest BCUT2D eigenvalue weighted by molar-refractivity contribution is 7.52. The van der Waals surface area contributed by atoms with Gasteiger partial charge >= 0.3 is 13.3 Å². The summed E-state index contributed by atoms with van der Waals surface area (Å²) in [5.41, 5.74) is 3.71. The first kappa shape index (κ1) is 18.4. The van der Waals surface area contributed by atoms with Crippen molar-refractivity contribution in [2.24, 2.45) is 11.5 Å². The third-order valence-electron chi connectivity index (χ3n) is 3.22. The van der Waals surface area contributed by atoms with Gasteiger partial charge in [0, 0.05) is 12.0 Å². The maximum atomic E-state index is 13.5. The Balaban J connectivity index is 3.12. The fourth-order valence-electron chi connectivity index (χ4n) is 1.70. The summed E-state index contributed by atoms with van der Waals surface area (Å²) in [6.45, 7) is 1.07. The van der Waals surface area contributed by atoms with Crippen molar-refractivity contribution in [1.29, 1.82) is 0 Å². The number of carbonyl (C=O) groups excluding carboxylic acids is 2. The molecule has 10 heteroatoms. The van der Waals surface area contributed by atoms with Gasteiger partial charge in [0.2, 0.25) is 5.91 Å². The highest BCUT2D eigenvalue weighted by Gasteiger charge is 2.50. The molecule has 0 aliphatic rings. The Morgan fingerprint density at radius 3 is 2.00 bits per heavy atom. The maximum Gasteiger partial charge on any atom is 0.399 e. The first-order chi connectivity index (χ1) is 9.82. The Kier molecular flexibility index (Phi) is 4.88. The lowest BCUT2D eigenvalue weighted by Crippen LogP contribution is -2.58. The fraction of sp³-hybridized carbons (Fsp3) is 0.333. The zero-order chi connectivity index (χ0) is 17.3. The van der Waals surface area contributed by atoms with E-state index < -0.39 is 36.1 Å². The summed E-state index contributed by atoms with van der Waals surface area (Å²) in [4.78, 5) is 40.0. The third-order valence-corrected chi connectivity index (χ3v) is 4.21. The van der Waals surface area contributed by atoms with Gasteiger partial charge in [0.1, 0.15) is 0 Å². The Hall–Kier alpha value is -1.67. The van der Waals surface area contributed by atoms with Crippen molar-refractivity contribution in [3.63, 3.8) is 0 Å². The van der Waals surface area contributed by atoms with Crippen LogP contribution in [-0.4, -0.2) is 27.0 Å². The molecule has 0 aliphatic heterocycles. The molecule has 1 rings (SSSR count). The van der Waals surface area contributed by atoms with Crippen LogP contribution in [0.1, 0.15) is 18.1 Å². The first-order valence-corrected chi connectivity index (χ1v) is 7.56. The van der Waals surface area contributed by atoms with E-state index in [0.29, 0.717) is 0 Å². The molecule has 0 fully saturated rings. The predicted molar refractivity (Wildman–Crippen MR) is 72.9 cm³/mol. The SMILES string of the molecule is CC(=O)C(N)(Cc1ccc(C(F)(F)P(=O)(O)O)cc1)C(N)=O. The summed E-state index contributed by atoms with van der Waals surface area (Å²) in [7, 11) is -5.66. The number of nitrogens with two attached hydrogens (primary N) is 2. The van der Waals surface area contributed by atoms with Gasteiger partial charge in [-0.1, -0.05) is 24.3 Å². The van der Waals surface area contributed by atoms with Gasteiger partial charge in [0.05, 0.1) is 0 Å². The van der Waals surface area contributed by atoms with Gasteiger partial charge in [-0.25, -0.2) is 0 Å². The summed E-state index contributed by atoms with van der Waals surface area (Å²) in [6.07, 6.45) is -0.320. The minimum atomic E-state index is -5.66. The average Bonchev–Trinajstić information content (AvgIpc) is 2.37. The number of rotatable bonds is 6. The molecule has 1 unspecified atom stereocenters. The lowest BCUT2D eigenvalue weighted by atomic mass is 9.87. The van der Waals surface area contributed by atoms with Crippen LogP contribution >= 0.6 is 7.60 Å². The van der Waals surface area contributed by atoms with Gasteiger partial charge in [-0.05, 0) is 12.5 Å². The summed E-state index contributed by atoms with van der Waals surface area (Å²) in [5, 5.41) is 0. The van der Waals surface area contributed by atoms with Crippen molar-refractivity contribution in [2.45, 2.75) is 24.5 Å². The van der Waals surface area contributed by atoms with E-state index in [9.17, 15) is 22.9 Å². The molecule has 0 spiro atoms. The molecule has 7 nitrogen and oxygen atoms in total. The van der Waals surface area contributed by atoms with Gasteiger partial charge in [0.25, 0.3) is 0 Å². The number of ketones is 1. The van der Waals surface area contributed by atoms with E-state index in [-0.39, 0.29) is 12.0 Å². The van der Waals surface area contributed by atoms with E-state index in [0.717, 1.165) is 31.2 Å². The molecule has 0 saturated heterocycles. The zero-order valence-electron chi connectivity index (χ0n) is 11.5. The number of halogens is 2. The standard InChI is InChI=1S/C12H15F2N2O5P/c1-7(17)11(16,10(15)18)6-8-2-4-9(5-3-8)12(13,14)22(19,20)21/h2-5H,6,16H2,1H3,(H2,15,18)(H2,19,20,21). The van der Waals surface area contributed by atoms with Gasteiger partial charge in [-0.2, -0.15) is 8.78 Å². The minimum Gasteiger partial charge on any atom is -0.368 e. The predicted octanol–water partition coefficient (Wildman–Crippen LogP) is 0.228. The van der Waals surface area contributed by atoms with Crippen LogP contribution in [0.2, 0.25) is 0 Å². The second kappa shape index (κ2) is 5.85. The zero-order valence-corrected chi connectivity index (χ0v) is 12.4. The first-order valence-electron chi connectivity index (χ1n) is 5.95. The monoisotopic (exact) mass is 336 g/mol. The summed E-state index contributed by atoms with van der Waals surface area (Å²) in [6, 6.07) is 3.75. The molecular formula is C12H15F2N2O5P. The van der Waals surface area contributed by atoms with Crippen molar-refractivity contribution in [3.05, 3.63) is 35.4 Å². The smallest absolute Gasteiger partial charge is 0.368 e. The summed E-state index contributed by atoms with van der Waals surface area (Å²) < 4.78 is 37.7. The van der Waals surface area contributed by atoms with E-state index in [2.05, 4.69) is 0 Å². The maximum absolute atomic E-state index is 13.5. The third kappa shape index (κ3) is 3.38. The Bertz CT molecular complexity index is 627. The quantitative estimate of drug-likeness (QED) is 0.432. The van der Waals surface area contributed by atoms with Crippen molar-refractivity contribution in [2.75, 3.05) is 0 Å². The molecule has 1 atom stereocenters. The van der Waals surface area contributed by atoms with Gasteiger partial charge < -0.3 is 21.3 Å². The molecule has 1 aromatic rings. The highest BCUT2D eigenvalue weighted by atomic mass is 31.2. The van der Waals surface area contributed by atoms with Crippen molar-refractivity contribution >= 4 is 19.3 Å². The van der Waals surface area contributed by atoms with Gasteiger partial charge in [-0.3, -0.25) is 14.2 Å². The molecule has 122 valence electrons. The topological polar surface area (TPSA) is 144 Å². The van der Waals surface area contributed by atoms with E-state index in [1.54, 1.807) is 0 Å². The number of alkyl halides is 2. The normalized spacial score (nSPS) is 15.2. The molecule has 6 N–H and O–H groups in total. The number of benzene rings is 1. The molecule has 1 aromatic carbocycles. The molecule has 0 radical (unpaired) electrons. The Morgan fingerprint density at radius 2 is 1.68 bits per heavy atom. The average molecular weight is 336 g/mol. The van der Waals surface area contributed by atoms with Crippen LogP contribution in [0.5, 0.6) is 0 Å². The van der Waals surface area contributed by atoms with E-state index in [1.165, 1.54) is 0 Å². The lowest BCUT2D eigenvalue weighted by molar-refractivity contribution is -0.132. The Labute approximate surface area is 124 Å². The van der Waals surface area contributed by atoms with E-state index >= 15 is 0 Å². The number of hydrogen-bond acceptors (Lipinski definition) is 4. The van der Waals surface area contributed by atoms with Gasteiger partial charge in [0.15, 0.2) is 11.3 Å². The second-order valence-electron chi connectivity index (χ2n) is 4.85. The number of amides is 1. The molecular weight excluding hydrogens is 321 g/mol. The highest BCUT2D eigenvalue weighted by Crippen LogP contribution is 2.59. The molecule has 0 saturated carbocycles. The molecule has 1 amide bonds. The lowest BCUT2D eigenvalue weighted by Gasteiger charge is -2.23. The van der Waals surface area contributed by atoms with E-state index in [4.69, 9.17) is 21.3 Å². The summed E-state index contributed by atoms with van der Waals surface area (Å²) in [5.74, 6) is -1.76. The van der Waals surface area contributed by atoms with Crippen LogP contribution in [0.25, 0.3) is 0 Å². The van der Waals surface area contributed by atoms with Crippen molar-refractivity contribution in [1.82, 2.24) is 0 Å². The molecule has 0 aromatic heterocycles. The van der Waals surface area contributed by atoms with E-state index in [1.807, 2.05) is 0 Å². The van der Waals surface area contributed by atoms with Crippen LogP contribution in [0.3, 0.4) is 0 Å². The van der Waals surface area contributed by atoms with Crippen molar-refractivity contribution < 1.29 is 32.7 Å². The number of Topliss-reactive ketones (excluding diaryl/α,β-unsaturated/α-hetero) is 1. The molecule has 0 heterocycles. The van der Waals surface area contributed by atoms with Gasteiger partial charge in [-0.15, -0.1) is 0 Å². The van der Waals surface area contributed by atoms with Crippen LogP contribution in [0, 0.1) is 0 Å². The number of hydrogen-bond donors (Lipinski definition) is 4. The number of carbonyl (C=O) groups is 2. The fourth-order valence-corrected chi connectivity index (χ4v) is 2.18. The largest absolute Gasteiger partial charge is 0.399 e.